The van der Waals surface area contributed by atoms with Crippen molar-refractivity contribution >= 4 is 22.7 Å². The van der Waals surface area contributed by atoms with Crippen LogP contribution in [0, 0.1) is 13.8 Å². The second kappa shape index (κ2) is 4.52. The Morgan fingerprint density at radius 2 is 2.24 bits per heavy atom. The van der Waals surface area contributed by atoms with Crippen LogP contribution in [-0.2, 0) is 6.54 Å². The lowest BCUT2D eigenvalue weighted by molar-refractivity contribution is 0.691. The molecule has 1 N–H and O–H groups in total. The summed E-state index contributed by atoms with van der Waals surface area (Å²) in [6.07, 6.45) is 2.68. The molecular formula is C13H16N2S2. The molecule has 1 saturated carbocycles. The number of hydrogen-bond donors (Lipinski definition) is 1. The largest absolute Gasteiger partial charge is 0.309 e. The van der Waals surface area contributed by atoms with Gasteiger partial charge in [0.1, 0.15) is 5.01 Å². The van der Waals surface area contributed by atoms with Crippen LogP contribution in [0.4, 0.5) is 0 Å². The van der Waals surface area contributed by atoms with E-state index < -0.39 is 0 Å². The van der Waals surface area contributed by atoms with Gasteiger partial charge in [0.2, 0.25) is 0 Å². The number of nitrogens with one attached hydrogen (secondary N) is 1. The molecule has 4 heteroatoms. The molecule has 2 aromatic heterocycles. The standard InChI is InChI=1S/C13H16N2S2/c1-8-5-6-16-12(8)13-15-9(2)11(17-13)7-14-10-3-4-10/h5-6,10,14H,3-4,7H2,1-2H3. The maximum atomic E-state index is 4.70. The average Bonchev–Trinajstić information content (AvgIpc) is 2.93. The number of aromatic nitrogens is 1. The third kappa shape index (κ3) is 2.44. The smallest absolute Gasteiger partial charge is 0.134 e. The Labute approximate surface area is 110 Å². The first-order valence-corrected chi connectivity index (χ1v) is 7.68. The summed E-state index contributed by atoms with van der Waals surface area (Å²) in [4.78, 5) is 7.42. The van der Waals surface area contributed by atoms with Gasteiger partial charge in [-0.3, -0.25) is 0 Å². The normalized spacial score (nSPS) is 15.4. The van der Waals surface area contributed by atoms with Crippen LogP contribution in [0.15, 0.2) is 11.4 Å². The molecule has 1 aliphatic rings. The fourth-order valence-electron chi connectivity index (χ4n) is 1.81. The SMILES string of the molecule is Cc1ccsc1-c1nc(C)c(CNC2CC2)s1. The molecule has 0 saturated heterocycles. The molecular weight excluding hydrogens is 248 g/mol. The molecule has 2 aromatic rings. The fraction of sp³-hybridized carbons (Fsp3) is 0.462. The van der Waals surface area contributed by atoms with Gasteiger partial charge >= 0.3 is 0 Å². The van der Waals surface area contributed by atoms with Crippen molar-refractivity contribution in [2.45, 2.75) is 39.3 Å². The number of rotatable bonds is 4. The average molecular weight is 264 g/mol. The molecule has 0 bridgehead atoms. The van der Waals surface area contributed by atoms with Crippen LogP contribution in [0.25, 0.3) is 9.88 Å². The van der Waals surface area contributed by atoms with Gasteiger partial charge in [-0.05, 0) is 43.7 Å². The number of thiophene rings is 1. The Kier molecular flexibility index (Phi) is 3.03. The van der Waals surface area contributed by atoms with Crippen molar-refractivity contribution in [1.82, 2.24) is 10.3 Å². The molecule has 1 fully saturated rings. The molecule has 17 heavy (non-hydrogen) atoms. The van der Waals surface area contributed by atoms with E-state index in [1.165, 1.54) is 38.9 Å². The highest BCUT2D eigenvalue weighted by molar-refractivity contribution is 7.21. The van der Waals surface area contributed by atoms with Gasteiger partial charge in [-0.15, -0.1) is 22.7 Å². The van der Waals surface area contributed by atoms with E-state index >= 15 is 0 Å². The zero-order valence-corrected chi connectivity index (χ0v) is 11.8. The third-order valence-electron chi connectivity index (χ3n) is 3.08. The van der Waals surface area contributed by atoms with E-state index in [4.69, 9.17) is 4.98 Å². The molecule has 0 aliphatic heterocycles. The molecule has 3 rings (SSSR count). The lowest BCUT2D eigenvalue weighted by Gasteiger charge is -1.99. The minimum Gasteiger partial charge on any atom is -0.309 e. The minimum absolute atomic E-state index is 0.767. The van der Waals surface area contributed by atoms with Gasteiger partial charge in [0.05, 0.1) is 10.6 Å². The van der Waals surface area contributed by atoms with Gasteiger partial charge in [-0.25, -0.2) is 4.98 Å². The zero-order valence-electron chi connectivity index (χ0n) is 10.1. The lowest BCUT2D eigenvalue weighted by Crippen LogP contribution is -2.14. The summed E-state index contributed by atoms with van der Waals surface area (Å²) in [6, 6.07) is 2.93. The zero-order chi connectivity index (χ0) is 11.8. The van der Waals surface area contributed by atoms with Gasteiger partial charge in [-0.1, -0.05) is 0 Å². The van der Waals surface area contributed by atoms with Crippen LogP contribution in [-0.4, -0.2) is 11.0 Å². The molecule has 0 atom stereocenters. The predicted molar refractivity (Wildman–Crippen MR) is 74.8 cm³/mol. The van der Waals surface area contributed by atoms with Crippen LogP contribution in [0.2, 0.25) is 0 Å². The lowest BCUT2D eigenvalue weighted by atomic mass is 10.3. The molecule has 2 heterocycles. The Morgan fingerprint density at radius 1 is 1.41 bits per heavy atom. The minimum atomic E-state index is 0.767. The first-order valence-electron chi connectivity index (χ1n) is 5.98. The molecule has 0 radical (unpaired) electrons. The summed E-state index contributed by atoms with van der Waals surface area (Å²) < 4.78 is 0. The van der Waals surface area contributed by atoms with Gasteiger partial charge in [0.25, 0.3) is 0 Å². The van der Waals surface area contributed by atoms with E-state index in [1.54, 1.807) is 11.3 Å². The Bertz CT molecular complexity index is 523. The number of thiazole rings is 1. The third-order valence-corrected chi connectivity index (χ3v) is 5.40. The first kappa shape index (κ1) is 11.4. The maximum Gasteiger partial charge on any atom is 0.134 e. The summed E-state index contributed by atoms with van der Waals surface area (Å²) in [5.74, 6) is 0. The van der Waals surface area contributed by atoms with Crippen molar-refractivity contribution in [2.24, 2.45) is 0 Å². The number of hydrogen-bond acceptors (Lipinski definition) is 4. The van der Waals surface area contributed by atoms with Gasteiger partial charge in [0, 0.05) is 17.5 Å². The van der Waals surface area contributed by atoms with Crippen molar-refractivity contribution in [3.8, 4) is 9.88 Å². The highest BCUT2D eigenvalue weighted by atomic mass is 32.1. The summed E-state index contributed by atoms with van der Waals surface area (Å²) in [7, 11) is 0. The van der Waals surface area contributed by atoms with Gasteiger partial charge in [0.15, 0.2) is 0 Å². The van der Waals surface area contributed by atoms with Crippen molar-refractivity contribution < 1.29 is 0 Å². The van der Waals surface area contributed by atoms with E-state index in [9.17, 15) is 0 Å². The van der Waals surface area contributed by atoms with Crippen LogP contribution < -0.4 is 5.32 Å². The molecule has 1 aliphatic carbocycles. The van der Waals surface area contributed by atoms with E-state index in [2.05, 4.69) is 30.6 Å². The highest BCUT2D eigenvalue weighted by Gasteiger charge is 2.21. The van der Waals surface area contributed by atoms with Crippen LogP contribution in [0.3, 0.4) is 0 Å². The molecule has 0 unspecified atom stereocenters. The van der Waals surface area contributed by atoms with Gasteiger partial charge < -0.3 is 5.32 Å². The predicted octanol–water partition coefficient (Wildman–Crippen LogP) is 3.74. The molecule has 2 nitrogen and oxygen atoms in total. The van der Waals surface area contributed by atoms with Crippen molar-refractivity contribution in [3.63, 3.8) is 0 Å². The molecule has 0 amide bonds. The van der Waals surface area contributed by atoms with Crippen molar-refractivity contribution in [2.75, 3.05) is 0 Å². The van der Waals surface area contributed by atoms with Gasteiger partial charge in [-0.2, -0.15) is 0 Å². The van der Waals surface area contributed by atoms with Crippen LogP contribution in [0.1, 0.15) is 29.0 Å². The van der Waals surface area contributed by atoms with Crippen LogP contribution >= 0.6 is 22.7 Å². The highest BCUT2D eigenvalue weighted by Crippen LogP contribution is 2.34. The summed E-state index contributed by atoms with van der Waals surface area (Å²) >= 11 is 3.63. The Balaban J connectivity index is 1.81. The van der Waals surface area contributed by atoms with Crippen molar-refractivity contribution in [1.29, 1.82) is 0 Å². The van der Waals surface area contributed by atoms with Crippen molar-refractivity contribution in [3.05, 3.63) is 27.6 Å². The second-order valence-electron chi connectivity index (χ2n) is 4.62. The van der Waals surface area contributed by atoms with E-state index in [0.29, 0.717) is 0 Å². The Morgan fingerprint density at radius 3 is 2.88 bits per heavy atom. The number of aryl methyl sites for hydroxylation is 2. The fourth-order valence-corrected chi connectivity index (χ4v) is 3.90. The Hall–Kier alpha value is -0.710. The van der Waals surface area contributed by atoms with E-state index in [0.717, 1.165) is 12.6 Å². The topological polar surface area (TPSA) is 24.9 Å². The summed E-state index contributed by atoms with van der Waals surface area (Å²) in [5.41, 5.74) is 2.52. The van der Waals surface area contributed by atoms with Crippen LogP contribution in [0.5, 0.6) is 0 Å². The first-order chi connectivity index (χ1) is 8.24. The molecule has 0 spiro atoms. The van der Waals surface area contributed by atoms with E-state index in [-0.39, 0.29) is 0 Å². The number of nitrogens with zero attached hydrogens (tertiary/aromatic N) is 1. The summed E-state index contributed by atoms with van der Waals surface area (Å²) in [6.45, 7) is 5.26. The monoisotopic (exact) mass is 264 g/mol. The molecule has 0 aromatic carbocycles. The summed E-state index contributed by atoms with van der Waals surface area (Å²) in [5, 5.41) is 6.89. The second-order valence-corrected chi connectivity index (χ2v) is 6.62. The molecule has 90 valence electrons. The van der Waals surface area contributed by atoms with E-state index in [1.807, 2.05) is 11.3 Å². The maximum absolute atomic E-state index is 4.70. The quantitative estimate of drug-likeness (QED) is 0.910.